The zero-order valence-corrected chi connectivity index (χ0v) is 11.5. The van der Waals surface area contributed by atoms with Crippen molar-refractivity contribution in [1.82, 2.24) is 14.5 Å². The van der Waals surface area contributed by atoms with Gasteiger partial charge in [0.1, 0.15) is 17.1 Å². The normalized spacial score (nSPS) is 11.1. The molecular weight excluding hydrogens is 250 g/mol. The molecule has 0 saturated heterocycles. The number of aryl methyl sites for hydroxylation is 1. The predicted octanol–water partition coefficient (Wildman–Crippen LogP) is 3.14. The first-order chi connectivity index (χ1) is 9.79. The minimum absolute atomic E-state index is 0.320. The fourth-order valence-corrected chi connectivity index (χ4v) is 2.47. The molecule has 0 radical (unpaired) electrons. The predicted molar refractivity (Wildman–Crippen MR) is 78.7 cm³/mol. The molecule has 0 saturated carbocycles. The second-order valence-electron chi connectivity index (χ2n) is 4.85. The van der Waals surface area contributed by atoms with Crippen LogP contribution in [0.2, 0.25) is 0 Å². The Morgan fingerprint density at radius 3 is 2.85 bits per heavy atom. The Morgan fingerprint density at radius 2 is 2.05 bits per heavy atom. The van der Waals surface area contributed by atoms with E-state index >= 15 is 0 Å². The van der Waals surface area contributed by atoms with E-state index in [0.29, 0.717) is 12.2 Å². The first-order valence-corrected chi connectivity index (χ1v) is 6.85. The van der Waals surface area contributed by atoms with Crippen LogP contribution in [0.25, 0.3) is 11.0 Å². The number of aromatic nitrogens is 3. The summed E-state index contributed by atoms with van der Waals surface area (Å²) in [6.07, 6.45) is 5.25. The molecule has 102 valence electrons. The van der Waals surface area contributed by atoms with Crippen molar-refractivity contribution in [3.63, 3.8) is 0 Å². The Labute approximate surface area is 117 Å². The molecule has 0 amide bonds. The number of hydrogen-bond acceptors (Lipinski definition) is 3. The highest BCUT2D eigenvalue weighted by atomic mass is 16.3. The second-order valence-corrected chi connectivity index (χ2v) is 4.85. The summed E-state index contributed by atoms with van der Waals surface area (Å²) < 4.78 is 2.21. The average Bonchev–Trinajstić information content (AvgIpc) is 2.80. The zero-order chi connectivity index (χ0) is 13.9. The number of phenolic OH excluding ortho intramolecular Hbond substituents is 1. The average molecular weight is 267 g/mol. The van der Waals surface area contributed by atoms with Gasteiger partial charge < -0.3 is 9.67 Å². The van der Waals surface area contributed by atoms with Gasteiger partial charge >= 0.3 is 0 Å². The Morgan fingerprint density at radius 1 is 1.20 bits per heavy atom. The minimum atomic E-state index is 0.320. The number of pyridine rings is 1. The molecular formula is C16H17N3O. The molecule has 0 aliphatic rings. The second kappa shape index (κ2) is 5.33. The minimum Gasteiger partial charge on any atom is -0.508 e. The van der Waals surface area contributed by atoms with Gasteiger partial charge in [-0.25, -0.2) is 4.98 Å². The van der Waals surface area contributed by atoms with Gasteiger partial charge in [0, 0.05) is 24.7 Å². The molecule has 0 atom stereocenters. The topological polar surface area (TPSA) is 50.9 Å². The smallest absolute Gasteiger partial charge is 0.119 e. The SMILES string of the molecule is CCCn1c(Cc2ccccc2O)nc2cnccc21. The van der Waals surface area contributed by atoms with Gasteiger partial charge in [-0.05, 0) is 18.6 Å². The molecule has 4 nitrogen and oxygen atoms in total. The standard InChI is InChI=1S/C16H17N3O/c1-2-9-19-14-7-8-17-11-13(14)18-16(19)10-12-5-3-4-6-15(12)20/h3-8,11,20H,2,9-10H2,1H3. The molecule has 1 aromatic carbocycles. The maximum atomic E-state index is 9.92. The van der Waals surface area contributed by atoms with E-state index in [-0.39, 0.29) is 0 Å². The van der Waals surface area contributed by atoms with Crippen LogP contribution in [-0.2, 0) is 13.0 Å². The number of nitrogens with zero attached hydrogens (tertiary/aromatic N) is 3. The first kappa shape index (κ1) is 12.7. The van der Waals surface area contributed by atoms with Crippen LogP contribution in [0, 0.1) is 0 Å². The highest BCUT2D eigenvalue weighted by molar-refractivity contribution is 5.74. The molecule has 3 aromatic rings. The van der Waals surface area contributed by atoms with Gasteiger partial charge in [-0.15, -0.1) is 0 Å². The molecule has 1 N–H and O–H groups in total. The molecule has 0 aliphatic carbocycles. The number of phenols is 1. The zero-order valence-electron chi connectivity index (χ0n) is 11.5. The lowest BCUT2D eigenvalue weighted by Crippen LogP contribution is -2.04. The van der Waals surface area contributed by atoms with Crippen molar-refractivity contribution in [1.29, 1.82) is 0 Å². The van der Waals surface area contributed by atoms with Gasteiger partial charge in [-0.2, -0.15) is 0 Å². The number of para-hydroxylation sites is 1. The van der Waals surface area contributed by atoms with Crippen LogP contribution in [0.1, 0.15) is 24.7 Å². The molecule has 0 bridgehead atoms. The summed E-state index contributed by atoms with van der Waals surface area (Å²) in [5.74, 6) is 1.29. The molecule has 0 spiro atoms. The van der Waals surface area contributed by atoms with Crippen LogP contribution in [0.5, 0.6) is 5.75 Å². The van der Waals surface area contributed by atoms with Gasteiger partial charge in [0.15, 0.2) is 0 Å². The monoisotopic (exact) mass is 267 g/mol. The van der Waals surface area contributed by atoms with Crippen LogP contribution in [0.4, 0.5) is 0 Å². The largest absolute Gasteiger partial charge is 0.508 e. The van der Waals surface area contributed by atoms with Crippen molar-refractivity contribution < 1.29 is 5.11 Å². The summed E-state index contributed by atoms with van der Waals surface area (Å²) in [7, 11) is 0. The van der Waals surface area contributed by atoms with Gasteiger partial charge in [0.05, 0.1) is 11.7 Å². The van der Waals surface area contributed by atoms with Gasteiger partial charge in [0.2, 0.25) is 0 Å². The van der Waals surface area contributed by atoms with E-state index in [4.69, 9.17) is 0 Å². The lowest BCUT2D eigenvalue weighted by atomic mass is 10.1. The fraction of sp³-hybridized carbons (Fsp3) is 0.250. The quantitative estimate of drug-likeness (QED) is 0.790. The Balaban J connectivity index is 2.06. The lowest BCUT2D eigenvalue weighted by molar-refractivity contribution is 0.468. The maximum absolute atomic E-state index is 9.92. The van der Waals surface area contributed by atoms with E-state index in [9.17, 15) is 5.11 Å². The number of imidazole rings is 1. The highest BCUT2D eigenvalue weighted by Gasteiger charge is 2.12. The van der Waals surface area contributed by atoms with Crippen molar-refractivity contribution in [3.05, 3.63) is 54.1 Å². The van der Waals surface area contributed by atoms with Crippen LogP contribution < -0.4 is 0 Å². The number of hydrogen-bond donors (Lipinski definition) is 1. The molecule has 3 rings (SSSR count). The highest BCUT2D eigenvalue weighted by Crippen LogP contribution is 2.22. The third-order valence-corrected chi connectivity index (χ3v) is 3.42. The maximum Gasteiger partial charge on any atom is 0.119 e. The van der Waals surface area contributed by atoms with Crippen LogP contribution in [-0.4, -0.2) is 19.6 Å². The van der Waals surface area contributed by atoms with Crippen molar-refractivity contribution >= 4 is 11.0 Å². The van der Waals surface area contributed by atoms with Crippen molar-refractivity contribution in [2.24, 2.45) is 0 Å². The Hall–Kier alpha value is -2.36. The number of rotatable bonds is 4. The molecule has 2 heterocycles. The van der Waals surface area contributed by atoms with Gasteiger partial charge in [0.25, 0.3) is 0 Å². The number of benzene rings is 1. The number of aromatic hydroxyl groups is 1. The molecule has 0 unspecified atom stereocenters. The summed E-state index contributed by atoms with van der Waals surface area (Å²) in [6, 6.07) is 9.40. The summed E-state index contributed by atoms with van der Waals surface area (Å²) in [5, 5.41) is 9.92. The van der Waals surface area contributed by atoms with Crippen molar-refractivity contribution in [2.45, 2.75) is 26.3 Å². The van der Waals surface area contributed by atoms with E-state index in [0.717, 1.165) is 35.4 Å². The van der Waals surface area contributed by atoms with E-state index in [2.05, 4.69) is 21.5 Å². The van der Waals surface area contributed by atoms with E-state index in [1.807, 2.05) is 24.3 Å². The molecule has 4 heteroatoms. The summed E-state index contributed by atoms with van der Waals surface area (Å²) >= 11 is 0. The first-order valence-electron chi connectivity index (χ1n) is 6.85. The molecule has 20 heavy (non-hydrogen) atoms. The summed E-state index contributed by atoms with van der Waals surface area (Å²) in [6.45, 7) is 3.07. The van der Waals surface area contributed by atoms with Gasteiger partial charge in [-0.3, -0.25) is 4.98 Å². The Bertz CT molecular complexity index is 733. The third kappa shape index (κ3) is 2.25. The molecule has 0 fully saturated rings. The van der Waals surface area contributed by atoms with Gasteiger partial charge in [-0.1, -0.05) is 25.1 Å². The number of fused-ring (bicyclic) bond motifs is 1. The fourth-order valence-electron chi connectivity index (χ4n) is 2.47. The Kier molecular flexibility index (Phi) is 3.37. The summed E-state index contributed by atoms with van der Waals surface area (Å²) in [4.78, 5) is 8.78. The van der Waals surface area contributed by atoms with Crippen LogP contribution in [0.15, 0.2) is 42.7 Å². The van der Waals surface area contributed by atoms with Crippen molar-refractivity contribution in [2.75, 3.05) is 0 Å². The van der Waals surface area contributed by atoms with Crippen LogP contribution >= 0.6 is 0 Å². The third-order valence-electron chi connectivity index (χ3n) is 3.42. The van der Waals surface area contributed by atoms with E-state index < -0.39 is 0 Å². The van der Waals surface area contributed by atoms with Crippen molar-refractivity contribution in [3.8, 4) is 5.75 Å². The summed E-state index contributed by atoms with van der Waals surface area (Å²) in [5.41, 5.74) is 2.91. The van der Waals surface area contributed by atoms with E-state index in [1.165, 1.54) is 0 Å². The lowest BCUT2D eigenvalue weighted by Gasteiger charge is -2.08. The molecule has 0 aliphatic heterocycles. The van der Waals surface area contributed by atoms with E-state index in [1.54, 1.807) is 18.5 Å². The van der Waals surface area contributed by atoms with Crippen LogP contribution in [0.3, 0.4) is 0 Å². The molecule has 2 aromatic heterocycles.